The summed E-state index contributed by atoms with van der Waals surface area (Å²) in [7, 11) is -3.34. The first kappa shape index (κ1) is 35.5. The van der Waals surface area contributed by atoms with E-state index in [0.717, 1.165) is 13.1 Å². The van der Waals surface area contributed by atoms with Crippen LogP contribution in [0.2, 0.25) is 33.2 Å². The maximum absolute atomic E-state index is 5.14. The lowest BCUT2D eigenvalue weighted by Gasteiger charge is -2.43. The Morgan fingerprint density at radius 3 is 1.11 bits per heavy atom. The number of pyridine rings is 2. The SMILES string of the molecule is CC(C)[Si](c1ccc(CN2CCC[C@@H]2[C@H]2CCCN2Cc2ccc([Si](C(C)C)(C(C)C)C(C)C)cn2)nc1)(C(C)C)C(C)C. The summed E-state index contributed by atoms with van der Waals surface area (Å²) in [6.45, 7) is 33.7. The van der Waals surface area contributed by atoms with E-state index in [1.807, 2.05) is 0 Å². The van der Waals surface area contributed by atoms with Crippen molar-refractivity contribution in [1.82, 2.24) is 19.8 Å². The van der Waals surface area contributed by atoms with Gasteiger partial charge in [0.1, 0.15) is 0 Å². The molecule has 0 aromatic carbocycles. The van der Waals surface area contributed by atoms with E-state index in [1.165, 1.54) is 50.2 Å². The average molecular weight is 635 g/mol. The highest BCUT2D eigenvalue weighted by Crippen LogP contribution is 2.42. The molecule has 0 bridgehead atoms. The van der Waals surface area contributed by atoms with Crippen molar-refractivity contribution in [3.63, 3.8) is 0 Å². The van der Waals surface area contributed by atoms with Crippen molar-refractivity contribution in [3.05, 3.63) is 48.0 Å². The molecule has 0 radical (unpaired) electrons. The summed E-state index contributed by atoms with van der Waals surface area (Å²) in [5.74, 6) is 0. The molecule has 0 amide bonds. The van der Waals surface area contributed by atoms with Crippen LogP contribution in [0, 0.1) is 0 Å². The highest BCUT2D eigenvalue weighted by molar-refractivity contribution is 6.95. The molecule has 2 fully saturated rings. The third kappa shape index (κ3) is 6.57. The van der Waals surface area contributed by atoms with Crippen LogP contribution in [-0.4, -0.2) is 61.1 Å². The molecule has 2 atom stereocenters. The maximum Gasteiger partial charge on any atom is 0.0962 e. The quantitative estimate of drug-likeness (QED) is 0.206. The van der Waals surface area contributed by atoms with E-state index in [0.29, 0.717) is 45.3 Å². The number of rotatable bonds is 13. The molecule has 0 N–H and O–H groups in total. The van der Waals surface area contributed by atoms with Gasteiger partial charge in [0.15, 0.2) is 0 Å². The van der Waals surface area contributed by atoms with Gasteiger partial charge in [-0.3, -0.25) is 19.8 Å². The predicted molar refractivity (Wildman–Crippen MR) is 197 cm³/mol. The largest absolute Gasteiger partial charge is 0.293 e. The topological polar surface area (TPSA) is 32.3 Å². The molecule has 6 heteroatoms. The Balaban J connectivity index is 1.47. The van der Waals surface area contributed by atoms with Crippen LogP contribution in [-0.2, 0) is 13.1 Å². The standard InChI is InChI=1S/C38H66N4Si2/c1-27(2)43(28(3)4,29(5)6)35-19-17-33(39-23-35)25-41-21-13-15-37(41)38-16-14-22-42(38)26-34-18-20-36(24-40-34)44(30(7)8,31(9)10)32(11)12/h17-20,23-24,27-32,37-38H,13-16,21-22,25-26H2,1-12H3/t37-,38-/m1/s1. The molecule has 4 nitrogen and oxygen atoms in total. The van der Waals surface area contributed by atoms with Crippen LogP contribution in [0.1, 0.15) is 120 Å². The first-order chi connectivity index (χ1) is 20.8. The summed E-state index contributed by atoms with van der Waals surface area (Å²) in [6.07, 6.45) is 9.77. The Labute approximate surface area is 273 Å². The molecule has 2 saturated heterocycles. The van der Waals surface area contributed by atoms with E-state index >= 15 is 0 Å². The molecule has 246 valence electrons. The van der Waals surface area contributed by atoms with E-state index in [9.17, 15) is 0 Å². The summed E-state index contributed by atoms with van der Waals surface area (Å²) in [5.41, 5.74) is 6.75. The smallest absolute Gasteiger partial charge is 0.0962 e. The van der Waals surface area contributed by atoms with Crippen molar-refractivity contribution in [2.45, 2.75) is 167 Å². The number of hydrogen-bond donors (Lipinski definition) is 0. The molecule has 2 aliphatic heterocycles. The van der Waals surface area contributed by atoms with E-state index in [1.54, 1.807) is 10.4 Å². The number of hydrogen-bond acceptors (Lipinski definition) is 4. The van der Waals surface area contributed by atoms with Crippen LogP contribution >= 0.6 is 0 Å². The molecule has 0 saturated carbocycles. The zero-order valence-corrected chi connectivity index (χ0v) is 32.5. The first-order valence-corrected chi connectivity index (χ1v) is 22.6. The third-order valence-corrected chi connectivity index (χ3v) is 26.4. The van der Waals surface area contributed by atoms with Crippen molar-refractivity contribution >= 4 is 26.5 Å². The van der Waals surface area contributed by atoms with Gasteiger partial charge >= 0.3 is 0 Å². The third-order valence-electron chi connectivity index (χ3n) is 12.4. The Kier molecular flexibility index (Phi) is 11.8. The second kappa shape index (κ2) is 14.6. The Morgan fingerprint density at radius 1 is 0.545 bits per heavy atom. The molecule has 2 aromatic heterocycles. The van der Waals surface area contributed by atoms with Gasteiger partial charge in [-0.05, 0) is 94.5 Å². The van der Waals surface area contributed by atoms with Gasteiger partial charge in [-0.2, -0.15) is 0 Å². The first-order valence-electron chi connectivity index (χ1n) is 18.2. The van der Waals surface area contributed by atoms with Gasteiger partial charge in [0.05, 0.1) is 27.5 Å². The van der Waals surface area contributed by atoms with Gasteiger partial charge in [0.25, 0.3) is 0 Å². The predicted octanol–water partition coefficient (Wildman–Crippen LogP) is 8.88. The Hall–Kier alpha value is -1.35. The molecule has 0 aliphatic carbocycles. The minimum Gasteiger partial charge on any atom is -0.293 e. The lowest BCUT2D eigenvalue weighted by atomic mass is 10.0. The molecule has 4 heterocycles. The molecule has 0 unspecified atom stereocenters. The molecular formula is C38H66N4Si2. The lowest BCUT2D eigenvalue weighted by molar-refractivity contribution is 0.122. The Morgan fingerprint density at radius 2 is 0.864 bits per heavy atom. The summed E-state index contributed by atoms with van der Waals surface area (Å²) in [6, 6.07) is 10.9. The minimum atomic E-state index is -1.67. The zero-order chi connectivity index (χ0) is 32.4. The summed E-state index contributed by atoms with van der Waals surface area (Å²) >= 11 is 0. The normalized spacial score (nSPS) is 21.0. The summed E-state index contributed by atoms with van der Waals surface area (Å²) < 4.78 is 0. The Bertz CT molecular complexity index is 1040. The fourth-order valence-electron chi connectivity index (χ4n) is 10.9. The number of aromatic nitrogens is 2. The molecule has 2 aromatic rings. The zero-order valence-electron chi connectivity index (χ0n) is 30.5. The maximum atomic E-state index is 5.14. The monoisotopic (exact) mass is 634 g/mol. The molecular weight excluding hydrogens is 569 g/mol. The van der Waals surface area contributed by atoms with Crippen LogP contribution in [0.5, 0.6) is 0 Å². The number of nitrogens with zero attached hydrogens (tertiary/aromatic N) is 4. The summed E-state index contributed by atoms with van der Waals surface area (Å²) in [5, 5.41) is 3.10. The second-order valence-corrected chi connectivity index (χ2v) is 28.0. The number of likely N-dealkylation sites (tertiary alicyclic amines) is 2. The fraction of sp³-hybridized carbons (Fsp3) is 0.737. The van der Waals surface area contributed by atoms with Crippen LogP contribution in [0.4, 0.5) is 0 Å². The van der Waals surface area contributed by atoms with Crippen molar-refractivity contribution in [2.24, 2.45) is 0 Å². The van der Waals surface area contributed by atoms with Gasteiger partial charge in [0.2, 0.25) is 0 Å². The molecule has 0 spiro atoms. The van der Waals surface area contributed by atoms with Gasteiger partial charge in [0, 0.05) is 37.6 Å². The van der Waals surface area contributed by atoms with Crippen LogP contribution in [0.3, 0.4) is 0 Å². The van der Waals surface area contributed by atoms with Crippen LogP contribution in [0.25, 0.3) is 0 Å². The van der Waals surface area contributed by atoms with Crippen molar-refractivity contribution in [1.29, 1.82) is 0 Å². The highest BCUT2D eigenvalue weighted by atomic mass is 28.3. The van der Waals surface area contributed by atoms with E-state index in [4.69, 9.17) is 9.97 Å². The van der Waals surface area contributed by atoms with Gasteiger partial charge < -0.3 is 0 Å². The fourth-order valence-corrected chi connectivity index (χ4v) is 24.3. The van der Waals surface area contributed by atoms with E-state index in [-0.39, 0.29) is 0 Å². The van der Waals surface area contributed by atoms with E-state index in [2.05, 4.69) is 130 Å². The van der Waals surface area contributed by atoms with Crippen molar-refractivity contribution in [2.75, 3.05) is 13.1 Å². The summed E-state index contributed by atoms with van der Waals surface area (Å²) in [4.78, 5) is 15.8. The molecule has 4 rings (SSSR count). The minimum absolute atomic E-state index is 0.622. The van der Waals surface area contributed by atoms with E-state index < -0.39 is 16.1 Å². The lowest BCUT2D eigenvalue weighted by Crippen LogP contribution is -2.55. The second-order valence-electron chi connectivity index (χ2n) is 16.2. The molecule has 2 aliphatic rings. The van der Waals surface area contributed by atoms with Gasteiger partial charge in [-0.25, -0.2) is 0 Å². The van der Waals surface area contributed by atoms with Crippen LogP contribution in [0.15, 0.2) is 36.7 Å². The van der Waals surface area contributed by atoms with Crippen molar-refractivity contribution in [3.8, 4) is 0 Å². The van der Waals surface area contributed by atoms with Gasteiger partial charge in [-0.15, -0.1) is 0 Å². The highest BCUT2D eigenvalue weighted by Gasteiger charge is 2.46. The molecule has 44 heavy (non-hydrogen) atoms. The average Bonchev–Trinajstić information content (AvgIpc) is 3.59. The van der Waals surface area contributed by atoms with Gasteiger partial charge in [-0.1, -0.05) is 95.2 Å². The van der Waals surface area contributed by atoms with Crippen LogP contribution < -0.4 is 10.4 Å². The van der Waals surface area contributed by atoms with Crippen molar-refractivity contribution < 1.29 is 0 Å².